The monoisotopic (exact) mass is 271 g/mol. The molecule has 3 N–H and O–H groups in total. The third kappa shape index (κ3) is 5.89. The highest BCUT2D eigenvalue weighted by Crippen LogP contribution is 2.25. The zero-order valence-corrected chi connectivity index (χ0v) is 12.4. The molecule has 1 aliphatic rings. The number of nitrogens with zero attached hydrogens (tertiary/aromatic N) is 1. The van der Waals surface area contributed by atoms with Gasteiger partial charge in [-0.25, -0.2) is 0 Å². The summed E-state index contributed by atoms with van der Waals surface area (Å²) in [6.07, 6.45) is 6.00. The maximum absolute atomic E-state index is 12.1. The number of carbonyl (C=O) groups excluding carboxylic acids is 1. The molecule has 0 aromatic carbocycles. The fourth-order valence-corrected chi connectivity index (χ4v) is 2.54. The van der Waals surface area contributed by atoms with Crippen LogP contribution in [0.15, 0.2) is 0 Å². The highest BCUT2D eigenvalue weighted by atomic mass is 16.5. The second kappa shape index (κ2) is 8.51. The minimum atomic E-state index is -0.618. The van der Waals surface area contributed by atoms with Crippen LogP contribution in [0.25, 0.3) is 0 Å². The Morgan fingerprint density at radius 2 is 2.00 bits per heavy atom. The van der Waals surface area contributed by atoms with Crippen molar-refractivity contribution >= 4 is 5.91 Å². The maximum Gasteiger partial charge on any atom is 0.240 e. The highest BCUT2D eigenvalue weighted by Gasteiger charge is 2.34. The topological polar surface area (TPSA) is 67.6 Å². The summed E-state index contributed by atoms with van der Waals surface area (Å²) < 4.78 is 5.01. The molecule has 1 fully saturated rings. The maximum atomic E-state index is 12.1. The molecule has 1 rings (SSSR count). The Labute approximate surface area is 116 Å². The number of amides is 1. The van der Waals surface area contributed by atoms with E-state index in [-0.39, 0.29) is 5.91 Å². The first-order chi connectivity index (χ1) is 9.08. The molecule has 0 unspecified atom stereocenters. The van der Waals surface area contributed by atoms with Crippen molar-refractivity contribution in [3.05, 3.63) is 0 Å². The van der Waals surface area contributed by atoms with Crippen LogP contribution in [0.3, 0.4) is 0 Å². The van der Waals surface area contributed by atoms with Crippen molar-refractivity contribution in [2.45, 2.75) is 44.1 Å². The van der Waals surface area contributed by atoms with E-state index in [1.807, 2.05) is 0 Å². The van der Waals surface area contributed by atoms with Gasteiger partial charge >= 0.3 is 0 Å². The Balaban J connectivity index is 2.15. The summed E-state index contributed by atoms with van der Waals surface area (Å²) in [4.78, 5) is 14.3. The van der Waals surface area contributed by atoms with Gasteiger partial charge in [0.05, 0.1) is 5.54 Å². The van der Waals surface area contributed by atoms with E-state index >= 15 is 0 Å². The van der Waals surface area contributed by atoms with Crippen molar-refractivity contribution < 1.29 is 9.53 Å². The van der Waals surface area contributed by atoms with E-state index in [1.54, 1.807) is 7.11 Å². The summed E-state index contributed by atoms with van der Waals surface area (Å²) in [5.74, 6) is 0.0255. The SMILES string of the molecule is COCCCN(C)CCNC(=O)C1(N)CCCCC1. The van der Waals surface area contributed by atoms with Crippen LogP contribution in [0.4, 0.5) is 0 Å². The summed E-state index contributed by atoms with van der Waals surface area (Å²) in [5.41, 5.74) is 5.56. The lowest BCUT2D eigenvalue weighted by atomic mass is 9.82. The number of ether oxygens (including phenoxy) is 1. The summed E-state index contributed by atoms with van der Waals surface area (Å²) >= 11 is 0. The zero-order valence-electron chi connectivity index (χ0n) is 12.4. The zero-order chi connectivity index (χ0) is 14.1. The van der Waals surface area contributed by atoms with Gasteiger partial charge in [-0.2, -0.15) is 0 Å². The minimum Gasteiger partial charge on any atom is -0.385 e. The molecular formula is C14H29N3O2. The number of hydrogen-bond donors (Lipinski definition) is 2. The molecule has 5 nitrogen and oxygen atoms in total. The Kier molecular flexibility index (Phi) is 7.34. The number of nitrogens with one attached hydrogen (secondary N) is 1. The van der Waals surface area contributed by atoms with Gasteiger partial charge in [0, 0.05) is 33.4 Å². The third-order valence-electron chi connectivity index (χ3n) is 3.87. The molecule has 1 amide bonds. The van der Waals surface area contributed by atoms with Gasteiger partial charge in [0.2, 0.25) is 5.91 Å². The smallest absolute Gasteiger partial charge is 0.240 e. The van der Waals surface area contributed by atoms with E-state index in [0.717, 1.165) is 51.8 Å². The van der Waals surface area contributed by atoms with Crippen LogP contribution in [0.1, 0.15) is 38.5 Å². The van der Waals surface area contributed by atoms with Crippen LogP contribution in [0.5, 0.6) is 0 Å². The predicted octanol–water partition coefficient (Wildman–Crippen LogP) is 0.733. The van der Waals surface area contributed by atoms with Crippen LogP contribution in [0, 0.1) is 0 Å². The first kappa shape index (κ1) is 16.4. The summed E-state index contributed by atoms with van der Waals surface area (Å²) in [7, 11) is 3.77. The van der Waals surface area contributed by atoms with E-state index in [4.69, 9.17) is 10.5 Å². The van der Waals surface area contributed by atoms with Crippen molar-refractivity contribution in [3.63, 3.8) is 0 Å². The highest BCUT2D eigenvalue weighted by molar-refractivity contribution is 5.86. The molecule has 0 heterocycles. The lowest BCUT2D eigenvalue weighted by molar-refractivity contribution is -0.127. The number of nitrogens with two attached hydrogens (primary N) is 1. The van der Waals surface area contributed by atoms with Gasteiger partial charge in [0.1, 0.15) is 0 Å². The number of hydrogen-bond acceptors (Lipinski definition) is 4. The Morgan fingerprint density at radius 1 is 1.32 bits per heavy atom. The quantitative estimate of drug-likeness (QED) is 0.639. The lowest BCUT2D eigenvalue weighted by Crippen LogP contribution is -2.55. The van der Waals surface area contributed by atoms with E-state index in [9.17, 15) is 4.79 Å². The summed E-state index contributed by atoms with van der Waals surface area (Å²) in [6, 6.07) is 0. The first-order valence-electron chi connectivity index (χ1n) is 7.33. The molecule has 0 saturated heterocycles. The van der Waals surface area contributed by atoms with Gasteiger partial charge in [-0.05, 0) is 26.3 Å². The van der Waals surface area contributed by atoms with Crippen LogP contribution in [-0.4, -0.2) is 56.7 Å². The molecule has 19 heavy (non-hydrogen) atoms. The fourth-order valence-electron chi connectivity index (χ4n) is 2.54. The molecule has 0 atom stereocenters. The molecule has 0 aromatic heterocycles. The summed E-state index contributed by atoms with van der Waals surface area (Å²) in [5, 5.41) is 2.98. The van der Waals surface area contributed by atoms with Crippen molar-refractivity contribution in [2.75, 3.05) is 40.4 Å². The van der Waals surface area contributed by atoms with E-state index in [1.165, 1.54) is 6.42 Å². The number of carbonyl (C=O) groups is 1. The normalized spacial score (nSPS) is 18.5. The molecule has 112 valence electrons. The van der Waals surface area contributed by atoms with Crippen LogP contribution >= 0.6 is 0 Å². The van der Waals surface area contributed by atoms with Gasteiger partial charge in [-0.1, -0.05) is 19.3 Å². The van der Waals surface area contributed by atoms with Crippen molar-refractivity contribution in [1.82, 2.24) is 10.2 Å². The molecule has 0 radical (unpaired) electrons. The molecule has 5 heteroatoms. The van der Waals surface area contributed by atoms with Crippen LogP contribution in [0.2, 0.25) is 0 Å². The van der Waals surface area contributed by atoms with E-state index < -0.39 is 5.54 Å². The van der Waals surface area contributed by atoms with E-state index in [2.05, 4.69) is 17.3 Å². The first-order valence-corrected chi connectivity index (χ1v) is 7.33. The fraction of sp³-hybridized carbons (Fsp3) is 0.929. The van der Waals surface area contributed by atoms with Crippen LogP contribution < -0.4 is 11.1 Å². The van der Waals surface area contributed by atoms with Gasteiger partial charge in [0.25, 0.3) is 0 Å². The van der Waals surface area contributed by atoms with E-state index in [0.29, 0.717) is 6.54 Å². The Hall–Kier alpha value is -0.650. The number of rotatable bonds is 8. The largest absolute Gasteiger partial charge is 0.385 e. The van der Waals surface area contributed by atoms with Crippen molar-refractivity contribution in [1.29, 1.82) is 0 Å². The molecule has 0 bridgehead atoms. The third-order valence-corrected chi connectivity index (χ3v) is 3.87. The molecule has 1 aliphatic carbocycles. The van der Waals surface area contributed by atoms with Crippen molar-refractivity contribution in [3.8, 4) is 0 Å². The molecule has 0 aromatic rings. The van der Waals surface area contributed by atoms with Crippen molar-refractivity contribution in [2.24, 2.45) is 5.73 Å². The number of likely N-dealkylation sites (N-methyl/N-ethyl adjacent to an activating group) is 1. The van der Waals surface area contributed by atoms with Gasteiger partial charge < -0.3 is 20.7 Å². The molecule has 0 spiro atoms. The van der Waals surface area contributed by atoms with Gasteiger partial charge in [-0.15, -0.1) is 0 Å². The lowest BCUT2D eigenvalue weighted by Gasteiger charge is -2.32. The second-order valence-electron chi connectivity index (χ2n) is 5.62. The molecule has 1 saturated carbocycles. The average molecular weight is 271 g/mol. The Bertz CT molecular complexity index is 265. The second-order valence-corrected chi connectivity index (χ2v) is 5.62. The average Bonchev–Trinajstić information content (AvgIpc) is 2.40. The predicted molar refractivity (Wildman–Crippen MR) is 77.0 cm³/mol. The van der Waals surface area contributed by atoms with Gasteiger partial charge in [-0.3, -0.25) is 4.79 Å². The summed E-state index contributed by atoms with van der Waals surface area (Å²) in [6.45, 7) is 3.28. The molecule has 0 aliphatic heterocycles. The van der Waals surface area contributed by atoms with Gasteiger partial charge in [0.15, 0.2) is 0 Å². The Morgan fingerprint density at radius 3 is 2.63 bits per heavy atom. The number of methoxy groups -OCH3 is 1. The van der Waals surface area contributed by atoms with Crippen LogP contribution in [-0.2, 0) is 9.53 Å². The molecular weight excluding hydrogens is 242 g/mol. The standard InChI is InChI=1S/C14H29N3O2/c1-17(10-6-12-19-2)11-9-16-13(18)14(15)7-4-3-5-8-14/h3-12,15H2,1-2H3,(H,16,18). The minimum absolute atomic E-state index is 0.0255.